The Kier molecular flexibility index (Phi) is 6.87. The molecule has 0 bridgehead atoms. The van der Waals surface area contributed by atoms with Gasteiger partial charge < -0.3 is 5.41 Å². The lowest BCUT2D eigenvalue weighted by atomic mass is 9.65. The number of rotatable bonds is 6. The fourth-order valence-electron chi connectivity index (χ4n) is 5.78. The fraction of sp³-hybridized carbons (Fsp3) is 0.393. The van der Waals surface area contributed by atoms with Gasteiger partial charge in [0.05, 0.1) is 17.9 Å². The normalized spacial score (nSPS) is 25.9. The quantitative estimate of drug-likeness (QED) is 0.566. The van der Waals surface area contributed by atoms with Crippen molar-refractivity contribution in [2.24, 2.45) is 22.2 Å². The molecule has 4 atom stereocenters. The standard InChI is InChI=1S/C28H32N4O2/c1-19(33)32(20(2)34)27(21-8-5-4-6-9-21)15-24-12-11-23-14-26(22(17-29)16-28(23,24)3)31-25-10-7-13-30-18-25/h4-10,13-14,17-18,22,24,27,29H,11-12,15-16H2,1-3H3. The average Bonchev–Trinajstić information content (AvgIpc) is 3.14. The largest absolute Gasteiger partial charge is 0.312 e. The molecule has 0 spiro atoms. The Morgan fingerprint density at radius 2 is 1.94 bits per heavy atom. The van der Waals surface area contributed by atoms with Crippen molar-refractivity contribution in [3.05, 3.63) is 72.1 Å². The number of aromatic nitrogens is 1. The molecular formula is C28H32N4O2. The lowest BCUT2D eigenvalue weighted by Gasteiger charge is -2.41. The zero-order chi connectivity index (χ0) is 24.3. The van der Waals surface area contributed by atoms with Gasteiger partial charge in [-0.15, -0.1) is 0 Å². The molecule has 0 saturated heterocycles. The summed E-state index contributed by atoms with van der Waals surface area (Å²) in [4.78, 5) is 35.4. The predicted molar refractivity (Wildman–Crippen MR) is 134 cm³/mol. The number of hydrogen-bond donors (Lipinski definition) is 1. The Bertz CT molecular complexity index is 1110. The monoisotopic (exact) mass is 456 g/mol. The number of carbonyl (C=O) groups excluding carboxylic acids is 2. The van der Waals surface area contributed by atoms with Crippen LogP contribution in [-0.2, 0) is 9.59 Å². The Morgan fingerprint density at radius 1 is 1.21 bits per heavy atom. The van der Waals surface area contributed by atoms with E-state index in [0.29, 0.717) is 6.42 Å². The van der Waals surface area contributed by atoms with E-state index in [1.54, 1.807) is 12.4 Å². The summed E-state index contributed by atoms with van der Waals surface area (Å²) in [5.41, 5.74) is 3.92. The third-order valence-corrected chi connectivity index (χ3v) is 7.53. The van der Waals surface area contributed by atoms with Crippen molar-refractivity contribution in [1.29, 1.82) is 5.41 Å². The van der Waals surface area contributed by atoms with Crippen molar-refractivity contribution in [2.75, 3.05) is 0 Å². The Labute approximate surface area is 201 Å². The Hall–Kier alpha value is -3.41. The van der Waals surface area contributed by atoms with E-state index in [-0.39, 0.29) is 35.1 Å². The third kappa shape index (κ3) is 4.63. The number of benzene rings is 1. The van der Waals surface area contributed by atoms with Crippen LogP contribution in [0.2, 0.25) is 0 Å². The van der Waals surface area contributed by atoms with E-state index in [2.05, 4.69) is 18.0 Å². The number of carbonyl (C=O) groups is 2. The highest BCUT2D eigenvalue weighted by Crippen LogP contribution is 2.56. The molecule has 2 amide bonds. The van der Waals surface area contributed by atoms with Crippen molar-refractivity contribution in [1.82, 2.24) is 9.88 Å². The zero-order valence-electron chi connectivity index (χ0n) is 20.1. The van der Waals surface area contributed by atoms with E-state index in [1.807, 2.05) is 42.5 Å². The van der Waals surface area contributed by atoms with Gasteiger partial charge in [-0.3, -0.25) is 24.5 Å². The average molecular weight is 457 g/mol. The number of pyridine rings is 1. The van der Waals surface area contributed by atoms with Crippen LogP contribution in [0.3, 0.4) is 0 Å². The minimum absolute atomic E-state index is 0.0820. The Morgan fingerprint density at radius 3 is 2.56 bits per heavy atom. The smallest absolute Gasteiger partial charge is 0.226 e. The number of fused-ring (bicyclic) bond motifs is 1. The highest BCUT2D eigenvalue weighted by Gasteiger charge is 2.48. The second-order valence-corrected chi connectivity index (χ2v) is 9.62. The molecule has 0 aliphatic heterocycles. The summed E-state index contributed by atoms with van der Waals surface area (Å²) in [6, 6.07) is 13.3. The minimum Gasteiger partial charge on any atom is -0.312 e. The maximum absolute atomic E-state index is 12.5. The van der Waals surface area contributed by atoms with Crippen molar-refractivity contribution in [2.45, 2.75) is 52.5 Å². The molecule has 2 aromatic rings. The van der Waals surface area contributed by atoms with Gasteiger partial charge >= 0.3 is 0 Å². The summed E-state index contributed by atoms with van der Waals surface area (Å²) in [5.74, 6) is -0.256. The molecule has 1 saturated carbocycles. The number of nitrogens with zero attached hydrogens (tertiary/aromatic N) is 3. The molecule has 176 valence electrons. The van der Waals surface area contributed by atoms with Crippen molar-refractivity contribution >= 4 is 29.4 Å². The highest BCUT2D eigenvalue weighted by molar-refractivity contribution is 6.08. The van der Waals surface area contributed by atoms with Gasteiger partial charge in [-0.25, -0.2) is 0 Å². The van der Waals surface area contributed by atoms with E-state index in [4.69, 9.17) is 10.4 Å². The molecule has 6 nitrogen and oxygen atoms in total. The molecule has 2 aliphatic carbocycles. The highest BCUT2D eigenvalue weighted by atomic mass is 16.2. The molecule has 4 unspecified atom stereocenters. The van der Waals surface area contributed by atoms with Gasteiger partial charge in [0.2, 0.25) is 11.8 Å². The van der Waals surface area contributed by atoms with Crippen LogP contribution in [0.15, 0.2) is 71.5 Å². The second kappa shape index (κ2) is 9.84. The van der Waals surface area contributed by atoms with Crippen molar-refractivity contribution in [3.8, 4) is 0 Å². The number of aliphatic imine (C=N–C) groups is 1. The molecule has 1 N–H and O–H groups in total. The van der Waals surface area contributed by atoms with Gasteiger partial charge in [-0.05, 0) is 60.8 Å². The van der Waals surface area contributed by atoms with Gasteiger partial charge in [-0.1, -0.05) is 42.8 Å². The molecule has 1 aromatic carbocycles. The first-order valence-electron chi connectivity index (χ1n) is 11.9. The molecule has 6 heteroatoms. The SMILES string of the molecule is CC(=O)N(C(C)=O)C(CC1CCC2=CC(=Nc3cccnc3)C(C=N)CC21C)c1ccccc1. The zero-order valence-corrected chi connectivity index (χ0v) is 20.1. The third-order valence-electron chi connectivity index (χ3n) is 7.53. The first-order valence-corrected chi connectivity index (χ1v) is 11.9. The summed E-state index contributed by atoms with van der Waals surface area (Å²) < 4.78 is 0. The van der Waals surface area contributed by atoms with E-state index < -0.39 is 0 Å². The Balaban J connectivity index is 1.68. The van der Waals surface area contributed by atoms with E-state index in [0.717, 1.165) is 36.2 Å². The van der Waals surface area contributed by atoms with Crippen LogP contribution in [0.25, 0.3) is 0 Å². The number of imide groups is 1. The van der Waals surface area contributed by atoms with Crippen LogP contribution in [0.5, 0.6) is 0 Å². The summed E-state index contributed by atoms with van der Waals surface area (Å²) in [6.45, 7) is 5.21. The van der Waals surface area contributed by atoms with Crippen LogP contribution in [0, 0.1) is 22.7 Å². The number of amides is 2. The van der Waals surface area contributed by atoms with Crippen molar-refractivity contribution in [3.63, 3.8) is 0 Å². The van der Waals surface area contributed by atoms with Gasteiger partial charge in [0.25, 0.3) is 0 Å². The molecule has 1 fully saturated rings. The predicted octanol–water partition coefficient (Wildman–Crippen LogP) is 5.69. The molecule has 4 rings (SSSR count). The number of hydrogen-bond acceptors (Lipinski definition) is 5. The van der Waals surface area contributed by atoms with Crippen LogP contribution < -0.4 is 0 Å². The van der Waals surface area contributed by atoms with Crippen LogP contribution in [0.4, 0.5) is 5.69 Å². The molecule has 2 aliphatic rings. The molecule has 1 heterocycles. The van der Waals surface area contributed by atoms with Gasteiger partial charge in [-0.2, -0.15) is 0 Å². The summed E-state index contributed by atoms with van der Waals surface area (Å²) in [6.07, 6.45) is 10.6. The van der Waals surface area contributed by atoms with Gasteiger partial charge in [0.15, 0.2) is 0 Å². The second-order valence-electron chi connectivity index (χ2n) is 9.62. The first kappa shape index (κ1) is 23.7. The molecule has 0 radical (unpaired) electrons. The summed E-state index contributed by atoms with van der Waals surface area (Å²) in [5, 5.41) is 8.11. The first-order chi connectivity index (χ1) is 16.3. The number of allylic oxidation sites excluding steroid dienone is 2. The number of nitrogens with one attached hydrogen (secondary N) is 1. The van der Waals surface area contributed by atoms with Crippen LogP contribution >= 0.6 is 0 Å². The summed E-state index contributed by atoms with van der Waals surface area (Å²) >= 11 is 0. The van der Waals surface area contributed by atoms with Crippen LogP contribution in [-0.4, -0.2) is 33.6 Å². The molecular weight excluding hydrogens is 424 g/mol. The van der Waals surface area contributed by atoms with Crippen molar-refractivity contribution < 1.29 is 9.59 Å². The lowest BCUT2D eigenvalue weighted by Crippen LogP contribution is -2.40. The van der Waals surface area contributed by atoms with E-state index >= 15 is 0 Å². The topological polar surface area (TPSA) is 86.5 Å². The molecule has 1 aromatic heterocycles. The molecule has 34 heavy (non-hydrogen) atoms. The van der Waals surface area contributed by atoms with E-state index in [9.17, 15) is 9.59 Å². The fourth-order valence-corrected chi connectivity index (χ4v) is 5.78. The summed E-state index contributed by atoms with van der Waals surface area (Å²) in [7, 11) is 0. The van der Waals surface area contributed by atoms with E-state index in [1.165, 1.54) is 30.5 Å². The van der Waals surface area contributed by atoms with Gasteiger partial charge in [0.1, 0.15) is 0 Å². The minimum atomic E-state index is -0.304. The maximum Gasteiger partial charge on any atom is 0.226 e. The maximum atomic E-state index is 12.5. The van der Waals surface area contributed by atoms with Crippen LogP contribution in [0.1, 0.15) is 58.1 Å². The van der Waals surface area contributed by atoms with Gasteiger partial charge in [0, 0.05) is 37.9 Å². The lowest BCUT2D eigenvalue weighted by molar-refractivity contribution is -0.145.